The first kappa shape index (κ1) is 10.8. The number of carbonyl (C=O) groups is 1. The summed E-state index contributed by atoms with van der Waals surface area (Å²) in [6, 6.07) is 0.433. The number of carbonyl (C=O) groups excluding carboxylic acids is 1. The number of piperidine rings is 1. The van der Waals surface area contributed by atoms with Crippen molar-refractivity contribution in [1.82, 2.24) is 4.90 Å². The third-order valence-corrected chi connectivity index (χ3v) is 2.91. The van der Waals surface area contributed by atoms with Crippen LogP contribution in [0.4, 0.5) is 0 Å². The number of halogens is 1. The Morgan fingerprint density at radius 2 is 2.31 bits per heavy atom. The summed E-state index contributed by atoms with van der Waals surface area (Å²) in [7, 11) is 0. The van der Waals surface area contributed by atoms with Gasteiger partial charge >= 0.3 is 0 Å². The monoisotopic (exact) mass is 203 g/mol. The van der Waals surface area contributed by atoms with Gasteiger partial charge in [0.25, 0.3) is 0 Å². The lowest BCUT2D eigenvalue weighted by Gasteiger charge is -2.36. The van der Waals surface area contributed by atoms with Gasteiger partial charge in [0.05, 0.1) is 0 Å². The first-order valence-corrected chi connectivity index (χ1v) is 5.55. The number of alkyl halides is 1. The topological polar surface area (TPSA) is 20.3 Å². The van der Waals surface area contributed by atoms with E-state index in [1.807, 2.05) is 4.90 Å². The molecule has 0 aliphatic carbocycles. The molecule has 0 spiro atoms. The average Bonchev–Trinajstić information content (AvgIpc) is 2.16. The Hall–Kier alpha value is -0.240. The summed E-state index contributed by atoms with van der Waals surface area (Å²) >= 11 is 5.79. The van der Waals surface area contributed by atoms with E-state index in [1.54, 1.807) is 6.92 Å². The van der Waals surface area contributed by atoms with Crippen molar-refractivity contribution in [3.05, 3.63) is 0 Å². The summed E-state index contributed by atoms with van der Waals surface area (Å²) in [5.74, 6) is 0.105. The standard InChI is InChI=1S/C10H18ClNO/c1-3-9-6-4-5-7-12(9)10(13)8(2)11/h8-9H,3-7H2,1-2H3/t8-,9-/m0/s1. The van der Waals surface area contributed by atoms with E-state index in [4.69, 9.17) is 11.6 Å². The molecule has 0 aromatic heterocycles. The highest BCUT2D eigenvalue weighted by molar-refractivity contribution is 6.30. The van der Waals surface area contributed by atoms with Gasteiger partial charge in [0.15, 0.2) is 0 Å². The number of hydrogen-bond acceptors (Lipinski definition) is 1. The van der Waals surface area contributed by atoms with E-state index < -0.39 is 0 Å². The normalized spacial score (nSPS) is 25.8. The molecule has 1 heterocycles. The lowest BCUT2D eigenvalue weighted by molar-refractivity contribution is -0.134. The molecule has 1 rings (SSSR count). The molecule has 0 aromatic rings. The van der Waals surface area contributed by atoms with Gasteiger partial charge in [-0.05, 0) is 32.6 Å². The van der Waals surface area contributed by atoms with Crippen molar-refractivity contribution < 1.29 is 4.79 Å². The molecule has 1 saturated heterocycles. The summed E-state index contributed by atoms with van der Waals surface area (Å²) in [6.45, 7) is 4.79. The molecule has 0 N–H and O–H groups in total. The van der Waals surface area contributed by atoms with Crippen LogP contribution in [0.25, 0.3) is 0 Å². The maximum Gasteiger partial charge on any atom is 0.240 e. The quantitative estimate of drug-likeness (QED) is 0.632. The molecule has 1 amide bonds. The van der Waals surface area contributed by atoms with Crippen LogP contribution < -0.4 is 0 Å². The van der Waals surface area contributed by atoms with Gasteiger partial charge < -0.3 is 4.90 Å². The molecule has 0 unspecified atom stereocenters. The third-order valence-electron chi connectivity index (χ3n) is 2.72. The maximum atomic E-state index is 11.7. The Labute approximate surface area is 85.2 Å². The second-order valence-corrected chi connectivity index (χ2v) is 4.36. The Kier molecular flexibility index (Phi) is 4.04. The summed E-state index contributed by atoms with van der Waals surface area (Å²) in [5, 5.41) is -0.368. The van der Waals surface area contributed by atoms with Crippen LogP contribution in [-0.4, -0.2) is 28.8 Å². The molecule has 1 aliphatic rings. The van der Waals surface area contributed by atoms with Gasteiger partial charge in [0.1, 0.15) is 5.38 Å². The molecule has 2 atom stereocenters. The number of amides is 1. The first-order chi connectivity index (χ1) is 6.16. The molecule has 0 saturated carbocycles. The number of hydrogen-bond donors (Lipinski definition) is 0. The van der Waals surface area contributed by atoms with Crippen molar-refractivity contribution in [1.29, 1.82) is 0 Å². The van der Waals surface area contributed by atoms with E-state index in [-0.39, 0.29) is 11.3 Å². The molecule has 2 nitrogen and oxygen atoms in total. The van der Waals surface area contributed by atoms with Crippen molar-refractivity contribution in [2.75, 3.05) is 6.54 Å². The lowest BCUT2D eigenvalue weighted by atomic mass is 10.00. The van der Waals surface area contributed by atoms with E-state index >= 15 is 0 Å². The zero-order valence-electron chi connectivity index (χ0n) is 8.42. The predicted molar refractivity (Wildman–Crippen MR) is 55.0 cm³/mol. The summed E-state index contributed by atoms with van der Waals surface area (Å²) in [5.41, 5.74) is 0. The molecule has 0 radical (unpaired) electrons. The van der Waals surface area contributed by atoms with Gasteiger partial charge in [0, 0.05) is 12.6 Å². The summed E-state index contributed by atoms with van der Waals surface area (Å²) in [4.78, 5) is 13.6. The average molecular weight is 204 g/mol. The first-order valence-electron chi connectivity index (χ1n) is 5.11. The molecular formula is C10H18ClNO. The second-order valence-electron chi connectivity index (χ2n) is 3.71. The number of nitrogens with zero attached hydrogens (tertiary/aromatic N) is 1. The fraction of sp³-hybridized carbons (Fsp3) is 0.900. The largest absolute Gasteiger partial charge is 0.338 e. The van der Waals surface area contributed by atoms with Crippen molar-refractivity contribution in [3.8, 4) is 0 Å². The Morgan fingerprint density at radius 1 is 1.62 bits per heavy atom. The Morgan fingerprint density at radius 3 is 2.85 bits per heavy atom. The van der Waals surface area contributed by atoms with Crippen LogP contribution in [0, 0.1) is 0 Å². The van der Waals surface area contributed by atoms with Gasteiger partial charge in [0.2, 0.25) is 5.91 Å². The zero-order valence-corrected chi connectivity index (χ0v) is 9.18. The highest BCUT2D eigenvalue weighted by Crippen LogP contribution is 2.20. The van der Waals surface area contributed by atoms with Crippen LogP contribution in [-0.2, 0) is 4.79 Å². The van der Waals surface area contributed by atoms with E-state index in [2.05, 4.69) is 6.92 Å². The molecule has 76 valence electrons. The van der Waals surface area contributed by atoms with Crippen LogP contribution in [0.1, 0.15) is 39.5 Å². The molecule has 3 heteroatoms. The highest BCUT2D eigenvalue weighted by atomic mass is 35.5. The predicted octanol–water partition coefficient (Wildman–Crippen LogP) is 2.40. The van der Waals surface area contributed by atoms with Crippen LogP contribution in [0.15, 0.2) is 0 Å². The van der Waals surface area contributed by atoms with Gasteiger partial charge in [-0.3, -0.25) is 4.79 Å². The minimum Gasteiger partial charge on any atom is -0.338 e. The van der Waals surface area contributed by atoms with Gasteiger partial charge in [-0.15, -0.1) is 11.6 Å². The smallest absolute Gasteiger partial charge is 0.240 e. The summed E-state index contributed by atoms with van der Waals surface area (Å²) < 4.78 is 0. The highest BCUT2D eigenvalue weighted by Gasteiger charge is 2.27. The SMILES string of the molecule is CC[C@H]1CCCCN1C(=O)[C@H](C)Cl. The minimum absolute atomic E-state index is 0.105. The van der Waals surface area contributed by atoms with E-state index in [1.165, 1.54) is 6.42 Å². The van der Waals surface area contributed by atoms with E-state index in [0.717, 1.165) is 25.8 Å². The fourth-order valence-corrected chi connectivity index (χ4v) is 2.07. The molecule has 1 aliphatic heterocycles. The Bertz CT molecular complexity index is 182. The fourth-order valence-electron chi connectivity index (χ4n) is 1.94. The maximum absolute atomic E-state index is 11.7. The Balaban J connectivity index is 2.58. The number of rotatable bonds is 2. The van der Waals surface area contributed by atoms with Crippen LogP contribution in [0.5, 0.6) is 0 Å². The third kappa shape index (κ3) is 2.60. The zero-order chi connectivity index (χ0) is 9.84. The van der Waals surface area contributed by atoms with Crippen molar-refractivity contribution in [2.24, 2.45) is 0 Å². The second kappa shape index (κ2) is 4.85. The van der Waals surface area contributed by atoms with Crippen molar-refractivity contribution >= 4 is 17.5 Å². The van der Waals surface area contributed by atoms with E-state index in [0.29, 0.717) is 6.04 Å². The van der Waals surface area contributed by atoms with Gasteiger partial charge in [-0.25, -0.2) is 0 Å². The molecule has 1 fully saturated rings. The van der Waals surface area contributed by atoms with Crippen LogP contribution in [0.3, 0.4) is 0 Å². The summed E-state index contributed by atoms with van der Waals surface area (Å²) in [6.07, 6.45) is 4.58. The van der Waals surface area contributed by atoms with Gasteiger partial charge in [-0.2, -0.15) is 0 Å². The molecular weight excluding hydrogens is 186 g/mol. The van der Waals surface area contributed by atoms with E-state index in [9.17, 15) is 4.79 Å². The lowest BCUT2D eigenvalue weighted by Crippen LogP contribution is -2.46. The molecule has 0 aromatic carbocycles. The van der Waals surface area contributed by atoms with Crippen molar-refractivity contribution in [2.45, 2.75) is 50.9 Å². The van der Waals surface area contributed by atoms with Gasteiger partial charge in [-0.1, -0.05) is 6.92 Å². The van der Waals surface area contributed by atoms with Crippen LogP contribution in [0.2, 0.25) is 0 Å². The van der Waals surface area contributed by atoms with Crippen LogP contribution >= 0.6 is 11.6 Å². The van der Waals surface area contributed by atoms with Crippen molar-refractivity contribution in [3.63, 3.8) is 0 Å². The molecule has 0 bridgehead atoms. The minimum atomic E-state index is -0.368. The number of likely N-dealkylation sites (tertiary alicyclic amines) is 1. The molecule has 13 heavy (non-hydrogen) atoms.